The minimum atomic E-state index is 0.260. The first-order chi connectivity index (χ1) is 11.9. The van der Waals surface area contributed by atoms with Crippen molar-refractivity contribution in [3.05, 3.63) is 35.4 Å². The van der Waals surface area contributed by atoms with Crippen LogP contribution in [0.2, 0.25) is 0 Å². The Balaban J connectivity index is 1.98. The van der Waals surface area contributed by atoms with E-state index >= 15 is 0 Å². The molecule has 3 aliphatic carbocycles. The third kappa shape index (κ3) is 2.09. The Morgan fingerprint density at radius 2 is 1.76 bits per heavy atom. The summed E-state index contributed by atoms with van der Waals surface area (Å²) in [5.74, 6) is 4.02. The summed E-state index contributed by atoms with van der Waals surface area (Å²) in [4.78, 5) is 0. The van der Waals surface area contributed by atoms with Gasteiger partial charge in [0, 0.05) is 11.1 Å². The Hall–Kier alpha value is -1.44. The maximum absolute atomic E-state index is 5.82. The largest absolute Gasteiger partial charge is 0.496 e. The quantitative estimate of drug-likeness (QED) is 0.638. The lowest BCUT2D eigenvalue weighted by Crippen LogP contribution is -2.56. The van der Waals surface area contributed by atoms with Crippen LogP contribution in [0.15, 0.2) is 24.3 Å². The number of ether oxygens (including phenoxy) is 2. The van der Waals surface area contributed by atoms with E-state index in [0.717, 1.165) is 30.3 Å². The average molecular weight is 341 g/mol. The predicted octanol–water partition coefficient (Wildman–Crippen LogP) is 5.75. The molecular weight excluding hydrogens is 308 g/mol. The lowest BCUT2D eigenvalue weighted by molar-refractivity contribution is -0.0707. The summed E-state index contributed by atoms with van der Waals surface area (Å²) in [6.45, 7) is 12.0. The van der Waals surface area contributed by atoms with Gasteiger partial charge in [0.25, 0.3) is 0 Å². The number of fused-ring (bicyclic) bond motifs is 2. The zero-order chi connectivity index (χ0) is 18.0. The van der Waals surface area contributed by atoms with Gasteiger partial charge in [-0.25, -0.2) is 0 Å². The van der Waals surface area contributed by atoms with Gasteiger partial charge in [-0.1, -0.05) is 32.9 Å². The highest BCUT2D eigenvalue weighted by Crippen LogP contribution is 2.69. The molecule has 5 unspecified atom stereocenters. The SMILES string of the molecule is C=C1CCC2c3c(OC)ccc(OC)c3CC3(C)C(C)CCC1(C)C23. The summed E-state index contributed by atoms with van der Waals surface area (Å²) in [5, 5.41) is 0. The van der Waals surface area contributed by atoms with E-state index in [1.54, 1.807) is 14.2 Å². The highest BCUT2D eigenvalue weighted by atomic mass is 16.5. The Kier molecular flexibility index (Phi) is 3.76. The number of methoxy groups -OCH3 is 2. The van der Waals surface area contributed by atoms with Crippen molar-refractivity contribution in [2.75, 3.05) is 14.2 Å². The lowest BCUT2D eigenvalue weighted by Gasteiger charge is -2.63. The second-order valence-corrected chi connectivity index (χ2v) is 9.13. The second-order valence-electron chi connectivity index (χ2n) is 9.13. The topological polar surface area (TPSA) is 18.5 Å². The standard InChI is InChI=1S/C23H32O2/c1-14-7-8-16-20-17(18(24-5)9-10-19(20)25-6)13-23(4)15(2)11-12-22(14,3)21(16)23/h9-10,15-16,21H,1,7-8,11-13H2,2-6H3. The zero-order valence-corrected chi connectivity index (χ0v) is 16.4. The van der Waals surface area contributed by atoms with Crippen LogP contribution < -0.4 is 9.47 Å². The smallest absolute Gasteiger partial charge is 0.122 e. The van der Waals surface area contributed by atoms with E-state index in [1.165, 1.54) is 36.0 Å². The monoisotopic (exact) mass is 340 g/mol. The number of benzene rings is 1. The predicted molar refractivity (Wildman–Crippen MR) is 102 cm³/mol. The Bertz CT molecular complexity index is 721. The first-order valence-corrected chi connectivity index (χ1v) is 9.79. The van der Waals surface area contributed by atoms with Crippen molar-refractivity contribution >= 4 is 0 Å². The first kappa shape index (κ1) is 17.0. The number of rotatable bonds is 2. The fraction of sp³-hybridized carbons (Fsp3) is 0.652. The van der Waals surface area contributed by atoms with Gasteiger partial charge in [0.1, 0.15) is 11.5 Å². The van der Waals surface area contributed by atoms with Gasteiger partial charge in [-0.3, -0.25) is 0 Å². The molecule has 1 aromatic rings. The van der Waals surface area contributed by atoms with E-state index in [4.69, 9.17) is 9.47 Å². The molecule has 136 valence electrons. The van der Waals surface area contributed by atoms with Crippen molar-refractivity contribution in [1.82, 2.24) is 0 Å². The maximum atomic E-state index is 5.82. The molecule has 0 aromatic heterocycles. The van der Waals surface area contributed by atoms with E-state index in [0.29, 0.717) is 17.3 Å². The van der Waals surface area contributed by atoms with E-state index in [1.807, 2.05) is 0 Å². The van der Waals surface area contributed by atoms with Crippen molar-refractivity contribution < 1.29 is 9.47 Å². The summed E-state index contributed by atoms with van der Waals surface area (Å²) in [5.41, 5.74) is 4.87. The van der Waals surface area contributed by atoms with Crippen LogP contribution in [0, 0.1) is 22.7 Å². The van der Waals surface area contributed by atoms with Gasteiger partial charge < -0.3 is 9.47 Å². The molecule has 0 bridgehead atoms. The summed E-state index contributed by atoms with van der Waals surface area (Å²) in [6.07, 6.45) is 6.01. The maximum Gasteiger partial charge on any atom is 0.122 e. The van der Waals surface area contributed by atoms with Crippen LogP contribution in [-0.2, 0) is 6.42 Å². The molecule has 0 aliphatic heterocycles. The van der Waals surface area contributed by atoms with Crippen molar-refractivity contribution in [3.63, 3.8) is 0 Å². The molecule has 5 atom stereocenters. The summed E-state index contributed by atoms with van der Waals surface area (Å²) in [6, 6.07) is 4.20. The zero-order valence-electron chi connectivity index (χ0n) is 16.4. The molecule has 0 heterocycles. The van der Waals surface area contributed by atoms with E-state index in [9.17, 15) is 0 Å². The molecule has 4 rings (SSSR count). The normalized spacial score (nSPS) is 39.4. The fourth-order valence-corrected chi connectivity index (χ4v) is 6.68. The first-order valence-electron chi connectivity index (χ1n) is 9.79. The van der Waals surface area contributed by atoms with Crippen molar-refractivity contribution in [1.29, 1.82) is 0 Å². The van der Waals surface area contributed by atoms with E-state index in [-0.39, 0.29) is 5.41 Å². The molecule has 2 heteroatoms. The Labute approximate surface area is 152 Å². The molecule has 2 fully saturated rings. The molecule has 0 saturated heterocycles. The minimum absolute atomic E-state index is 0.260. The second kappa shape index (κ2) is 5.53. The van der Waals surface area contributed by atoms with Crippen LogP contribution in [0.3, 0.4) is 0 Å². The van der Waals surface area contributed by atoms with Gasteiger partial charge in [-0.05, 0) is 72.8 Å². The molecular formula is C23H32O2. The summed E-state index contributed by atoms with van der Waals surface area (Å²) >= 11 is 0. The van der Waals surface area contributed by atoms with E-state index in [2.05, 4.69) is 39.5 Å². The van der Waals surface area contributed by atoms with Crippen molar-refractivity contribution in [3.8, 4) is 11.5 Å². The van der Waals surface area contributed by atoms with Gasteiger partial charge in [0.2, 0.25) is 0 Å². The highest BCUT2D eigenvalue weighted by molar-refractivity contribution is 5.54. The number of hydrogen-bond donors (Lipinski definition) is 0. The van der Waals surface area contributed by atoms with E-state index < -0.39 is 0 Å². The van der Waals surface area contributed by atoms with Crippen molar-refractivity contribution in [2.45, 2.75) is 58.8 Å². The van der Waals surface area contributed by atoms with Gasteiger partial charge in [-0.2, -0.15) is 0 Å². The lowest BCUT2D eigenvalue weighted by atomic mass is 9.40. The number of allylic oxidation sites excluding steroid dienone is 1. The summed E-state index contributed by atoms with van der Waals surface area (Å²) < 4.78 is 11.6. The molecule has 0 N–H and O–H groups in total. The van der Waals surface area contributed by atoms with Crippen molar-refractivity contribution in [2.24, 2.45) is 22.7 Å². The highest BCUT2D eigenvalue weighted by Gasteiger charge is 2.60. The molecule has 2 saturated carbocycles. The van der Waals surface area contributed by atoms with Crippen LogP contribution in [0.1, 0.15) is 63.5 Å². The minimum Gasteiger partial charge on any atom is -0.496 e. The van der Waals surface area contributed by atoms with Crippen LogP contribution in [0.4, 0.5) is 0 Å². The Morgan fingerprint density at radius 1 is 1.08 bits per heavy atom. The third-order valence-electron chi connectivity index (χ3n) is 8.23. The molecule has 2 nitrogen and oxygen atoms in total. The van der Waals surface area contributed by atoms with Gasteiger partial charge in [0.15, 0.2) is 0 Å². The van der Waals surface area contributed by atoms with Crippen LogP contribution in [-0.4, -0.2) is 14.2 Å². The van der Waals surface area contributed by atoms with Gasteiger partial charge in [-0.15, -0.1) is 0 Å². The molecule has 3 aliphatic rings. The molecule has 1 aromatic carbocycles. The van der Waals surface area contributed by atoms with Crippen LogP contribution in [0.5, 0.6) is 11.5 Å². The molecule has 0 spiro atoms. The Morgan fingerprint density at radius 3 is 2.44 bits per heavy atom. The van der Waals surface area contributed by atoms with Gasteiger partial charge >= 0.3 is 0 Å². The van der Waals surface area contributed by atoms with Crippen LogP contribution >= 0.6 is 0 Å². The van der Waals surface area contributed by atoms with Crippen LogP contribution in [0.25, 0.3) is 0 Å². The fourth-order valence-electron chi connectivity index (χ4n) is 6.68. The third-order valence-corrected chi connectivity index (χ3v) is 8.23. The van der Waals surface area contributed by atoms with Gasteiger partial charge in [0.05, 0.1) is 14.2 Å². The average Bonchev–Trinajstić information content (AvgIpc) is 2.60. The summed E-state index contributed by atoms with van der Waals surface area (Å²) in [7, 11) is 3.61. The molecule has 25 heavy (non-hydrogen) atoms. The molecule has 0 radical (unpaired) electrons. The molecule has 0 amide bonds. The number of hydrogen-bond acceptors (Lipinski definition) is 2.